The van der Waals surface area contributed by atoms with E-state index in [1.54, 1.807) is 0 Å². The zero-order chi connectivity index (χ0) is 10.2. The summed E-state index contributed by atoms with van der Waals surface area (Å²) in [6.45, 7) is 7.97. The smallest absolute Gasteiger partial charge is 0.136 e. The van der Waals surface area contributed by atoms with Gasteiger partial charge in [-0.2, -0.15) is 0 Å². The van der Waals surface area contributed by atoms with Crippen LogP contribution in [0, 0.1) is 5.41 Å². The SMILES string of the molecule is CC(C)(C)C1CCCCn2cnnc21. The van der Waals surface area contributed by atoms with Gasteiger partial charge < -0.3 is 4.57 Å². The Morgan fingerprint density at radius 3 is 2.86 bits per heavy atom. The lowest BCUT2D eigenvalue weighted by molar-refractivity contribution is 0.292. The third kappa shape index (κ3) is 1.68. The fourth-order valence-electron chi connectivity index (χ4n) is 2.29. The van der Waals surface area contributed by atoms with Gasteiger partial charge in [0.15, 0.2) is 0 Å². The molecule has 1 atom stereocenters. The minimum absolute atomic E-state index is 0.301. The predicted octanol–water partition coefficient (Wildman–Crippen LogP) is 2.59. The first kappa shape index (κ1) is 9.69. The first-order chi connectivity index (χ1) is 6.59. The average Bonchev–Trinajstić information content (AvgIpc) is 2.42. The lowest BCUT2D eigenvalue weighted by Gasteiger charge is -2.28. The van der Waals surface area contributed by atoms with Crippen molar-refractivity contribution in [2.75, 3.05) is 0 Å². The number of hydrogen-bond donors (Lipinski definition) is 0. The van der Waals surface area contributed by atoms with E-state index in [9.17, 15) is 0 Å². The summed E-state index contributed by atoms with van der Waals surface area (Å²) in [5, 5.41) is 8.30. The van der Waals surface area contributed by atoms with Crippen molar-refractivity contribution in [1.82, 2.24) is 14.8 Å². The minimum atomic E-state index is 0.301. The maximum absolute atomic E-state index is 4.28. The van der Waals surface area contributed by atoms with E-state index in [2.05, 4.69) is 35.5 Å². The summed E-state index contributed by atoms with van der Waals surface area (Å²) in [7, 11) is 0. The van der Waals surface area contributed by atoms with Crippen LogP contribution >= 0.6 is 0 Å². The fourth-order valence-corrected chi connectivity index (χ4v) is 2.29. The molecule has 1 aliphatic heterocycles. The molecule has 0 bridgehead atoms. The summed E-state index contributed by atoms with van der Waals surface area (Å²) in [4.78, 5) is 0. The molecule has 3 nitrogen and oxygen atoms in total. The van der Waals surface area contributed by atoms with Crippen LogP contribution in [0.2, 0.25) is 0 Å². The van der Waals surface area contributed by atoms with Crippen molar-refractivity contribution >= 4 is 0 Å². The molecule has 0 aromatic carbocycles. The van der Waals surface area contributed by atoms with Crippen molar-refractivity contribution in [1.29, 1.82) is 0 Å². The van der Waals surface area contributed by atoms with Gasteiger partial charge in [-0.3, -0.25) is 0 Å². The normalized spacial score (nSPS) is 22.9. The number of rotatable bonds is 0. The van der Waals surface area contributed by atoms with Crippen LogP contribution < -0.4 is 0 Å². The lowest BCUT2D eigenvalue weighted by atomic mass is 9.78. The molecule has 2 heterocycles. The molecular formula is C11H19N3. The van der Waals surface area contributed by atoms with Crippen LogP contribution in [0.25, 0.3) is 0 Å². The Morgan fingerprint density at radius 2 is 2.14 bits per heavy atom. The third-order valence-electron chi connectivity index (χ3n) is 3.14. The molecule has 0 amide bonds. The average molecular weight is 193 g/mol. The molecule has 0 saturated heterocycles. The van der Waals surface area contributed by atoms with Gasteiger partial charge in [-0.1, -0.05) is 27.2 Å². The summed E-state index contributed by atoms with van der Waals surface area (Å²) < 4.78 is 2.23. The lowest BCUT2D eigenvalue weighted by Crippen LogP contribution is -2.20. The van der Waals surface area contributed by atoms with E-state index in [1.807, 2.05) is 6.33 Å². The number of nitrogens with zero attached hydrogens (tertiary/aromatic N) is 3. The van der Waals surface area contributed by atoms with E-state index in [0.717, 1.165) is 6.54 Å². The number of aryl methyl sites for hydroxylation is 1. The second kappa shape index (κ2) is 3.37. The van der Waals surface area contributed by atoms with E-state index >= 15 is 0 Å². The highest BCUT2D eigenvalue weighted by molar-refractivity contribution is 5.03. The Labute approximate surface area is 85.5 Å². The zero-order valence-corrected chi connectivity index (χ0v) is 9.32. The van der Waals surface area contributed by atoms with Crippen LogP contribution in [0.1, 0.15) is 51.8 Å². The van der Waals surface area contributed by atoms with Crippen LogP contribution in [0.3, 0.4) is 0 Å². The fraction of sp³-hybridized carbons (Fsp3) is 0.818. The van der Waals surface area contributed by atoms with Crippen molar-refractivity contribution in [2.45, 2.75) is 52.5 Å². The Morgan fingerprint density at radius 1 is 1.36 bits per heavy atom. The van der Waals surface area contributed by atoms with Crippen molar-refractivity contribution in [3.05, 3.63) is 12.2 Å². The second-order valence-corrected chi connectivity index (χ2v) is 5.30. The van der Waals surface area contributed by atoms with Crippen molar-refractivity contribution in [2.24, 2.45) is 5.41 Å². The van der Waals surface area contributed by atoms with Crippen LogP contribution in [0.4, 0.5) is 0 Å². The van der Waals surface area contributed by atoms with Gasteiger partial charge in [0, 0.05) is 12.5 Å². The highest BCUT2D eigenvalue weighted by atomic mass is 15.3. The molecule has 0 spiro atoms. The van der Waals surface area contributed by atoms with Gasteiger partial charge >= 0.3 is 0 Å². The maximum atomic E-state index is 4.28. The van der Waals surface area contributed by atoms with Gasteiger partial charge in [0.25, 0.3) is 0 Å². The van der Waals surface area contributed by atoms with Gasteiger partial charge in [0.1, 0.15) is 12.2 Å². The van der Waals surface area contributed by atoms with Gasteiger partial charge in [0.05, 0.1) is 0 Å². The van der Waals surface area contributed by atoms with E-state index in [1.165, 1.54) is 25.1 Å². The highest BCUT2D eigenvalue weighted by Crippen LogP contribution is 2.39. The highest BCUT2D eigenvalue weighted by Gasteiger charge is 2.31. The Balaban J connectivity index is 2.35. The van der Waals surface area contributed by atoms with E-state index in [4.69, 9.17) is 0 Å². The standard InChI is InChI=1S/C11H19N3/c1-11(2,3)9-6-4-5-7-14-8-12-13-10(9)14/h8-9H,4-7H2,1-3H3. The van der Waals surface area contributed by atoms with Crippen LogP contribution in [-0.2, 0) is 6.54 Å². The molecular weight excluding hydrogens is 174 g/mol. The first-order valence-electron chi connectivity index (χ1n) is 5.47. The van der Waals surface area contributed by atoms with E-state index < -0.39 is 0 Å². The maximum Gasteiger partial charge on any atom is 0.136 e. The summed E-state index contributed by atoms with van der Waals surface area (Å²) in [5.41, 5.74) is 0.301. The second-order valence-electron chi connectivity index (χ2n) is 5.30. The van der Waals surface area contributed by atoms with Crippen LogP contribution in [0.15, 0.2) is 6.33 Å². The minimum Gasteiger partial charge on any atom is -0.317 e. The quantitative estimate of drug-likeness (QED) is 0.634. The summed E-state index contributed by atoms with van der Waals surface area (Å²) >= 11 is 0. The van der Waals surface area contributed by atoms with Crippen molar-refractivity contribution in [3.63, 3.8) is 0 Å². The van der Waals surface area contributed by atoms with Crippen molar-refractivity contribution < 1.29 is 0 Å². The number of aromatic nitrogens is 3. The number of hydrogen-bond acceptors (Lipinski definition) is 2. The molecule has 1 aromatic heterocycles. The molecule has 1 aliphatic rings. The Bertz CT molecular complexity index is 309. The van der Waals surface area contributed by atoms with Gasteiger partial charge in [-0.25, -0.2) is 0 Å². The molecule has 0 aliphatic carbocycles. The largest absolute Gasteiger partial charge is 0.317 e. The molecule has 2 rings (SSSR count). The molecule has 3 heteroatoms. The summed E-state index contributed by atoms with van der Waals surface area (Å²) in [6, 6.07) is 0. The van der Waals surface area contributed by atoms with E-state index in [-0.39, 0.29) is 0 Å². The Kier molecular flexibility index (Phi) is 2.33. The van der Waals surface area contributed by atoms with Gasteiger partial charge in [0.2, 0.25) is 0 Å². The van der Waals surface area contributed by atoms with Crippen LogP contribution in [0.5, 0.6) is 0 Å². The molecule has 1 unspecified atom stereocenters. The summed E-state index contributed by atoms with van der Waals surface area (Å²) in [5.74, 6) is 1.75. The molecule has 0 N–H and O–H groups in total. The van der Waals surface area contributed by atoms with E-state index in [0.29, 0.717) is 11.3 Å². The third-order valence-corrected chi connectivity index (χ3v) is 3.14. The monoisotopic (exact) mass is 193 g/mol. The zero-order valence-electron chi connectivity index (χ0n) is 9.32. The van der Waals surface area contributed by atoms with Gasteiger partial charge in [-0.05, 0) is 18.3 Å². The molecule has 78 valence electrons. The van der Waals surface area contributed by atoms with Crippen LogP contribution in [-0.4, -0.2) is 14.8 Å². The molecule has 14 heavy (non-hydrogen) atoms. The van der Waals surface area contributed by atoms with Gasteiger partial charge in [-0.15, -0.1) is 10.2 Å². The first-order valence-corrected chi connectivity index (χ1v) is 5.47. The summed E-state index contributed by atoms with van der Waals surface area (Å²) in [6.07, 6.45) is 5.70. The Hall–Kier alpha value is -0.860. The van der Waals surface area contributed by atoms with Crippen molar-refractivity contribution in [3.8, 4) is 0 Å². The molecule has 0 saturated carbocycles. The predicted molar refractivity (Wildman–Crippen MR) is 56.1 cm³/mol. The topological polar surface area (TPSA) is 30.7 Å². The molecule has 1 aromatic rings. The molecule has 0 radical (unpaired) electrons. The molecule has 0 fully saturated rings. The number of fused-ring (bicyclic) bond motifs is 1.